The van der Waals surface area contributed by atoms with Crippen molar-refractivity contribution < 1.29 is 9.47 Å². The molecular formula is C19H25NO2. The van der Waals surface area contributed by atoms with E-state index in [1.54, 1.807) is 7.11 Å². The van der Waals surface area contributed by atoms with Crippen LogP contribution in [0.2, 0.25) is 0 Å². The third-order valence-electron chi connectivity index (χ3n) is 4.06. The molecule has 0 aromatic heterocycles. The van der Waals surface area contributed by atoms with Crippen molar-refractivity contribution in [1.29, 1.82) is 0 Å². The van der Waals surface area contributed by atoms with Gasteiger partial charge in [-0.25, -0.2) is 0 Å². The summed E-state index contributed by atoms with van der Waals surface area (Å²) in [6, 6.07) is 16.2. The van der Waals surface area contributed by atoms with Crippen molar-refractivity contribution in [2.24, 2.45) is 5.73 Å². The molecule has 2 aromatic rings. The fraction of sp³-hybridized carbons (Fsp3) is 0.368. The van der Waals surface area contributed by atoms with Crippen molar-refractivity contribution in [1.82, 2.24) is 0 Å². The van der Waals surface area contributed by atoms with Crippen molar-refractivity contribution in [2.45, 2.75) is 25.7 Å². The molecule has 2 N–H and O–H groups in total. The van der Waals surface area contributed by atoms with E-state index in [2.05, 4.69) is 19.1 Å². The van der Waals surface area contributed by atoms with E-state index in [0.29, 0.717) is 13.2 Å². The fourth-order valence-electron chi connectivity index (χ4n) is 2.79. The number of hydrogen-bond donors (Lipinski definition) is 1. The Hall–Kier alpha value is -2.00. The molecule has 0 aliphatic carbocycles. The van der Waals surface area contributed by atoms with Crippen molar-refractivity contribution in [3.05, 3.63) is 59.7 Å². The highest BCUT2D eigenvalue weighted by molar-refractivity contribution is 5.43. The maximum absolute atomic E-state index is 6.14. The van der Waals surface area contributed by atoms with E-state index in [1.807, 2.05) is 43.3 Å². The summed E-state index contributed by atoms with van der Waals surface area (Å²) in [5.74, 6) is 1.81. The van der Waals surface area contributed by atoms with Gasteiger partial charge in [-0.05, 0) is 31.0 Å². The average molecular weight is 299 g/mol. The lowest BCUT2D eigenvalue weighted by Gasteiger charge is -2.31. The molecule has 0 saturated heterocycles. The number of rotatable bonds is 7. The fourth-order valence-corrected chi connectivity index (χ4v) is 2.79. The molecule has 1 unspecified atom stereocenters. The van der Waals surface area contributed by atoms with Crippen molar-refractivity contribution in [2.75, 3.05) is 20.3 Å². The number of methoxy groups -OCH3 is 1. The smallest absolute Gasteiger partial charge is 0.122 e. The zero-order valence-electron chi connectivity index (χ0n) is 13.6. The second-order valence-electron chi connectivity index (χ2n) is 5.68. The molecule has 3 heteroatoms. The zero-order chi connectivity index (χ0) is 16.0. The highest BCUT2D eigenvalue weighted by atomic mass is 16.5. The van der Waals surface area contributed by atoms with Crippen LogP contribution in [0.3, 0.4) is 0 Å². The van der Waals surface area contributed by atoms with Crippen LogP contribution in [0.5, 0.6) is 11.5 Å². The second kappa shape index (κ2) is 7.32. The van der Waals surface area contributed by atoms with Crippen LogP contribution < -0.4 is 15.2 Å². The lowest BCUT2D eigenvalue weighted by Crippen LogP contribution is -2.34. The summed E-state index contributed by atoms with van der Waals surface area (Å²) in [4.78, 5) is 0. The van der Waals surface area contributed by atoms with Crippen LogP contribution in [0.4, 0.5) is 0 Å². The van der Waals surface area contributed by atoms with Crippen LogP contribution in [0.1, 0.15) is 25.0 Å². The Balaban J connectivity index is 2.39. The maximum atomic E-state index is 6.14. The number of para-hydroxylation sites is 2. The molecule has 0 aliphatic heterocycles. The van der Waals surface area contributed by atoms with Crippen LogP contribution in [0.15, 0.2) is 48.5 Å². The molecule has 118 valence electrons. The summed E-state index contributed by atoms with van der Waals surface area (Å²) in [6.45, 7) is 5.37. The van der Waals surface area contributed by atoms with E-state index in [9.17, 15) is 0 Å². The largest absolute Gasteiger partial charge is 0.496 e. The lowest BCUT2D eigenvalue weighted by molar-refractivity contribution is 0.331. The van der Waals surface area contributed by atoms with Crippen molar-refractivity contribution in [3.63, 3.8) is 0 Å². The maximum Gasteiger partial charge on any atom is 0.122 e. The Kier molecular flexibility index (Phi) is 5.45. The summed E-state index contributed by atoms with van der Waals surface area (Å²) < 4.78 is 11.3. The summed E-state index contributed by atoms with van der Waals surface area (Å²) >= 11 is 0. The van der Waals surface area contributed by atoms with Gasteiger partial charge in [-0.3, -0.25) is 0 Å². The summed E-state index contributed by atoms with van der Waals surface area (Å²) in [6.07, 6.45) is 0.806. The van der Waals surface area contributed by atoms with Gasteiger partial charge in [0.15, 0.2) is 0 Å². The quantitative estimate of drug-likeness (QED) is 0.850. The molecule has 1 atom stereocenters. The van der Waals surface area contributed by atoms with Gasteiger partial charge >= 0.3 is 0 Å². The molecule has 2 rings (SSSR count). The molecule has 3 nitrogen and oxygen atoms in total. The average Bonchev–Trinajstić information content (AvgIpc) is 2.56. The first-order chi connectivity index (χ1) is 10.6. The minimum absolute atomic E-state index is 0.209. The van der Waals surface area contributed by atoms with E-state index in [-0.39, 0.29) is 5.41 Å². The Labute approximate surface area is 133 Å². The number of hydrogen-bond acceptors (Lipinski definition) is 3. The van der Waals surface area contributed by atoms with Crippen LogP contribution in [0.25, 0.3) is 0 Å². The lowest BCUT2D eigenvalue weighted by atomic mass is 9.76. The topological polar surface area (TPSA) is 44.5 Å². The first-order valence-electron chi connectivity index (χ1n) is 7.69. The van der Waals surface area contributed by atoms with Gasteiger partial charge in [-0.2, -0.15) is 0 Å². The van der Waals surface area contributed by atoms with Gasteiger partial charge in [-0.1, -0.05) is 43.3 Å². The normalized spacial score (nSPS) is 13.5. The Morgan fingerprint density at radius 2 is 1.64 bits per heavy atom. The zero-order valence-corrected chi connectivity index (χ0v) is 13.6. The molecule has 2 aromatic carbocycles. The van der Waals surface area contributed by atoms with Gasteiger partial charge in [0.1, 0.15) is 11.5 Å². The minimum Gasteiger partial charge on any atom is -0.496 e. The first-order valence-corrected chi connectivity index (χ1v) is 7.69. The van der Waals surface area contributed by atoms with E-state index in [1.165, 1.54) is 5.56 Å². The van der Waals surface area contributed by atoms with Gasteiger partial charge in [0.05, 0.1) is 13.7 Å². The predicted octanol–water partition coefficient (Wildman–Crippen LogP) is 3.55. The number of ether oxygens (including phenoxy) is 2. The molecule has 0 spiro atoms. The molecule has 0 saturated carbocycles. The molecule has 0 amide bonds. The monoisotopic (exact) mass is 299 g/mol. The van der Waals surface area contributed by atoms with E-state index >= 15 is 0 Å². The molecular weight excluding hydrogens is 274 g/mol. The van der Waals surface area contributed by atoms with Crippen molar-refractivity contribution >= 4 is 0 Å². The van der Waals surface area contributed by atoms with Crippen molar-refractivity contribution in [3.8, 4) is 11.5 Å². The van der Waals surface area contributed by atoms with Gasteiger partial charge in [0.2, 0.25) is 0 Å². The number of benzene rings is 2. The van der Waals surface area contributed by atoms with Gasteiger partial charge < -0.3 is 15.2 Å². The van der Waals surface area contributed by atoms with Gasteiger partial charge in [0.25, 0.3) is 0 Å². The summed E-state index contributed by atoms with van der Waals surface area (Å²) in [7, 11) is 1.70. The molecule has 0 heterocycles. The third-order valence-corrected chi connectivity index (χ3v) is 4.06. The highest BCUT2D eigenvalue weighted by Crippen LogP contribution is 2.36. The number of nitrogens with two attached hydrogens (primary N) is 1. The van der Waals surface area contributed by atoms with Gasteiger partial charge in [0, 0.05) is 17.5 Å². The van der Waals surface area contributed by atoms with Crippen LogP contribution in [0, 0.1) is 0 Å². The Morgan fingerprint density at radius 1 is 1.00 bits per heavy atom. The minimum atomic E-state index is -0.209. The van der Waals surface area contributed by atoms with E-state index in [4.69, 9.17) is 15.2 Å². The molecule has 22 heavy (non-hydrogen) atoms. The van der Waals surface area contributed by atoms with Crippen LogP contribution in [-0.4, -0.2) is 20.3 Å². The summed E-state index contributed by atoms with van der Waals surface area (Å²) in [5, 5.41) is 0. The molecule has 0 fully saturated rings. The molecule has 0 aliphatic rings. The van der Waals surface area contributed by atoms with E-state index < -0.39 is 0 Å². The Morgan fingerprint density at radius 3 is 2.27 bits per heavy atom. The highest BCUT2D eigenvalue weighted by Gasteiger charge is 2.29. The van der Waals surface area contributed by atoms with E-state index in [0.717, 1.165) is 23.5 Å². The third kappa shape index (κ3) is 3.42. The Bertz CT molecular complexity index is 612. The predicted molar refractivity (Wildman–Crippen MR) is 90.7 cm³/mol. The standard InChI is InChI=1S/C19H25NO2/c1-4-22-17-11-7-5-9-15(17)13-19(2,14-20)16-10-6-8-12-18(16)21-3/h5-12H,4,13-14,20H2,1-3H3. The van der Waals surface area contributed by atoms with Gasteiger partial charge in [-0.15, -0.1) is 0 Å². The second-order valence-corrected chi connectivity index (χ2v) is 5.68. The summed E-state index contributed by atoms with van der Waals surface area (Å²) in [5.41, 5.74) is 8.23. The molecule has 0 radical (unpaired) electrons. The first kappa shape index (κ1) is 16.4. The van der Waals surface area contributed by atoms with Crippen LogP contribution in [-0.2, 0) is 11.8 Å². The molecule has 0 bridgehead atoms. The van der Waals surface area contributed by atoms with Crippen LogP contribution >= 0.6 is 0 Å². The SMILES string of the molecule is CCOc1ccccc1CC(C)(CN)c1ccccc1OC.